The third-order valence-electron chi connectivity index (χ3n) is 6.38. The molecule has 1 spiro atoms. The zero-order valence-corrected chi connectivity index (χ0v) is 16.7. The van der Waals surface area contributed by atoms with Crippen LogP contribution in [0.25, 0.3) is 0 Å². The number of hydrogen-bond acceptors (Lipinski definition) is 4. The zero-order valence-electron chi connectivity index (χ0n) is 16.7. The first kappa shape index (κ1) is 19.2. The highest BCUT2D eigenvalue weighted by molar-refractivity contribution is 5.80. The number of nitrogens with zero attached hydrogens (tertiary/aromatic N) is 2. The number of ether oxygens (including phenoxy) is 1. The van der Waals surface area contributed by atoms with Gasteiger partial charge in [-0.2, -0.15) is 0 Å². The van der Waals surface area contributed by atoms with Gasteiger partial charge in [0.2, 0.25) is 0 Å². The van der Waals surface area contributed by atoms with Gasteiger partial charge in [0.15, 0.2) is 11.7 Å². The molecule has 26 heavy (non-hydrogen) atoms. The van der Waals surface area contributed by atoms with Gasteiger partial charge in [0.05, 0.1) is 18.3 Å². The van der Waals surface area contributed by atoms with Crippen LogP contribution in [0.2, 0.25) is 0 Å². The van der Waals surface area contributed by atoms with Gasteiger partial charge in [-0.3, -0.25) is 4.99 Å². The number of aliphatic imine (C=N–C) groups is 1. The molecule has 6 heteroatoms. The molecule has 0 aliphatic heterocycles. The molecule has 1 aromatic heterocycles. The Hall–Kier alpha value is -1.56. The lowest BCUT2D eigenvalue weighted by molar-refractivity contribution is -0.168. The van der Waals surface area contributed by atoms with Gasteiger partial charge in [-0.1, -0.05) is 25.4 Å². The molecule has 2 saturated carbocycles. The minimum atomic E-state index is 0.322. The minimum absolute atomic E-state index is 0.322. The van der Waals surface area contributed by atoms with E-state index in [9.17, 15) is 0 Å². The van der Waals surface area contributed by atoms with E-state index in [0.29, 0.717) is 30.0 Å². The van der Waals surface area contributed by atoms with Crippen LogP contribution in [0.15, 0.2) is 15.6 Å². The lowest BCUT2D eigenvalue weighted by Gasteiger charge is -2.61. The summed E-state index contributed by atoms with van der Waals surface area (Å²) in [5.41, 5.74) is 1.38. The Morgan fingerprint density at radius 2 is 2.15 bits per heavy atom. The molecular formula is C20H34N4O2. The number of hydrogen-bond donors (Lipinski definition) is 2. The molecule has 1 heterocycles. The van der Waals surface area contributed by atoms with Crippen molar-refractivity contribution in [2.45, 2.75) is 83.9 Å². The van der Waals surface area contributed by atoms with E-state index in [0.717, 1.165) is 43.3 Å². The van der Waals surface area contributed by atoms with Gasteiger partial charge in [0.25, 0.3) is 0 Å². The lowest BCUT2D eigenvalue weighted by Crippen LogP contribution is -2.68. The van der Waals surface area contributed by atoms with Gasteiger partial charge in [0.1, 0.15) is 0 Å². The summed E-state index contributed by atoms with van der Waals surface area (Å²) >= 11 is 0. The Bertz CT molecular complexity index is 605. The van der Waals surface area contributed by atoms with Crippen LogP contribution in [0.1, 0.15) is 76.7 Å². The van der Waals surface area contributed by atoms with E-state index in [1.54, 1.807) is 0 Å². The van der Waals surface area contributed by atoms with E-state index in [-0.39, 0.29) is 0 Å². The van der Waals surface area contributed by atoms with E-state index in [4.69, 9.17) is 9.26 Å². The predicted molar refractivity (Wildman–Crippen MR) is 103 cm³/mol. The van der Waals surface area contributed by atoms with Crippen molar-refractivity contribution in [3.05, 3.63) is 17.5 Å². The van der Waals surface area contributed by atoms with E-state index in [1.807, 2.05) is 7.05 Å². The first-order valence-corrected chi connectivity index (χ1v) is 10.2. The molecule has 0 saturated heterocycles. The fraction of sp³-hybridized carbons (Fsp3) is 0.800. The van der Waals surface area contributed by atoms with Gasteiger partial charge in [-0.25, -0.2) is 0 Å². The maximum Gasteiger partial charge on any atom is 0.191 e. The quantitative estimate of drug-likeness (QED) is 0.546. The Balaban J connectivity index is 1.52. The molecule has 2 atom stereocenters. The van der Waals surface area contributed by atoms with Gasteiger partial charge in [-0.05, 0) is 39.0 Å². The zero-order chi connectivity index (χ0) is 18.6. The average molecular weight is 363 g/mol. The molecule has 0 amide bonds. The molecule has 2 fully saturated rings. The van der Waals surface area contributed by atoms with Crippen LogP contribution in [0.4, 0.5) is 0 Å². The molecule has 2 aliphatic carbocycles. The fourth-order valence-corrected chi connectivity index (χ4v) is 4.48. The first-order chi connectivity index (χ1) is 12.7. The van der Waals surface area contributed by atoms with E-state index in [2.05, 4.69) is 47.6 Å². The molecule has 6 nitrogen and oxygen atoms in total. The summed E-state index contributed by atoms with van der Waals surface area (Å²) in [6.45, 7) is 7.87. The van der Waals surface area contributed by atoms with Crippen LogP contribution in [0, 0.1) is 5.41 Å². The lowest BCUT2D eigenvalue weighted by atomic mass is 9.51. The number of aromatic nitrogens is 1. The Morgan fingerprint density at radius 3 is 2.73 bits per heavy atom. The summed E-state index contributed by atoms with van der Waals surface area (Å²) in [6.07, 6.45) is 7.47. The van der Waals surface area contributed by atoms with Gasteiger partial charge in [-0.15, -0.1) is 0 Å². The van der Waals surface area contributed by atoms with Crippen LogP contribution >= 0.6 is 0 Å². The van der Waals surface area contributed by atoms with Crippen LogP contribution in [-0.2, 0) is 11.3 Å². The van der Waals surface area contributed by atoms with Crippen molar-refractivity contribution in [2.75, 3.05) is 13.7 Å². The Kier molecular flexibility index (Phi) is 6.22. The van der Waals surface area contributed by atoms with E-state index < -0.39 is 0 Å². The maximum absolute atomic E-state index is 5.93. The molecular weight excluding hydrogens is 328 g/mol. The highest BCUT2D eigenvalue weighted by Crippen LogP contribution is 2.57. The molecule has 146 valence electrons. The minimum Gasteiger partial charge on any atom is -0.378 e. The average Bonchev–Trinajstić information content (AvgIpc) is 3.05. The normalized spacial score (nSPS) is 24.4. The molecule has 1 aromatic rings. The van der Waals surface area contributed by atoms with Crippen molar-refractivity contribution < 1.29 is 9.26 Å². The molecule has 0 radical (unpaired) electrons. The molecule has 2 N–H and O–H groups in total. The van der Waals surface area contributed by atoms with Gasteiger partial charge >= 0.3 is 0 Å². The Morgan fingerprint density at radius 1 is 1.38 bits per heavy atom. The first-order valence-electron chi connectivity index (χ1n) is 10.2. The maximum atomic E-state index is 5.93. The third kappa shape index (κ3) is 3.61. The van der Waals surface area contributed by atoms with Crippen molar-refractivity contribution in [2.24, 2.45) is 10.4 Å². The molecule has 2 aliphatic rings. The van der Waals surface area contributed by atoms with Crippen LogP contribution in [-0.4, -0.2) is 36.9 Å². The second-order valence-corrected chi connectivity index (χ2v) is 7.62. The van der Waals surface area contributed by atoms with Crippen molar-refractivity contribution in [1.29, 1.82) is 0 Å². The van der Waals surface area contributed by atoms with Crippen molar-refractivity contribution >= 4 is 5.96 Å². The largest absolute Gasteiger partial charge is 0.378 e. The van der Waals surface area contributed by atoms with Crippen LogP contribution in [0.3, 0.4) is 0 Å². The second kappa shape index (κ2) is 8.42. The third-order valence-corrected chi connectivity index (χ3v) is 6.38. The summed E-state index contributed by atoms with van der Waals surface area (Å²) in [7, 11) is 1.82. The van der Waals surface area contributed by atoms with E-state index in [1.165, 1.54) is 19.3 Å². The number of guanidine groups is 1. The summed E-state index contributed by atoms with van der Waals surface area (Å²) in [5.74, 6) is 2.17. The van der Waals surface area contributed by atoms with Crippen LogP contribution in [0.5, 0.6) is 0 Å². The van der Waals surface area contributed by atoms with Crippen LogP contribution < -0.4 is 10.6 Å². The highest BCUT2D eigenvalue weighted by Gasteiger charge is 2.59. The van der Waals surface area contributed by atoms with Crippen molar-refractivity contribution in [3.63, 3.8) is 0 Å². The smallest absolute Gasteiger partial charge is 0.191 e. The van der Waals surface area contributed by atoms with Crippen molar-refractivity contribution in [1.82, 2.24) is 15.8 Å². The second-order valence-electron chi connectivity index (χ2n) is 7.62. The van der Waals surface area contributed by atoms with Gasteiger partial charge < -0.3 is 19.9 Å². The fourth-order valence-electron chi connectivity index (χ4n) is 4.48. The summed E-state index contributed by atoms with van der Waals surface area (Å²) in [6, 6.07) is 2.52. The van der Waals surface area contributed by atoms with E-state index >= 15 is 0 Å². The SMILES string of the molecule is CCOC1CC(NC(=NC)NCc2cc(C(CC)CC)no2)C12CCC2. The summed E-state index contributed by atoms with van der Waals surface area (Å²) in [5, 5.41) is 11.2. The molecule has 0 bridgehead atoms. The monoisotopic (exact) mass is 362 g/mol. The Labute approximate surface area is 157 Å². The predicted octanol–water partition coefficient (Wildman–Crippen LogP) is 3.59. The summed E-state index contributed by atoms with van der Waals surface area (Å²) in [4.78, 5) is 4.39. The molecule has 0 aromatic carbocycles. The molecule has 2 unspecified atom stereocenters. The highest BCUT2D eigenvalue weighted by atomic mass is 16.5. The number of rotatable bonds is 8. The molecule has 3 rings (SSSR count). The standard InChI is InChI=1S/C20H34N4O2/c1-5-14(6-2)16-11-15(26-24-16)13-22-19(21-4)23-17-12-18(25-7-3)20(17)9-8-10-20/h11,14,17-18H,5-10,12-13H2,1-4H3,(H2,21,22,23). The number of nitrogens with one attached hydrogen (secondary N) is 2. The summed E-state index contributed by atoms with van der Waals surface area (Å²) < 4.78 is 11.4. The topological polar surface area (TPSA) is 71.7 Å². The van der Waals surface area contributed by atoms with Crippen molar-refractivity contribution in [3.8, 4) is 0 Å². The van der Waals surface area contributed by atoms with Gasteiger partial charge in [0, 0.05) is 37.1 Å².